The molecule has 1 aliphatic carbocycles. The van der Waals surface area contributed by atoms with Crippen molar-refractivity contribution in [1.82, 2.24) is 19.7 Å². The minimum atomic E-state index is -0.456. The van der Waals surface area contributed by atoms with Crippen LogP contribution < -0.4 is 15.4 Å². The molecule has 1 aliphatic rings. The van der Waals surface area contributed by atoms with E-state index in [1.54, 1.807) is 4.68 Å². The zero-order valence-electron chi connectivity index (χ0n) is 21.0. The Labute approximate surface area is 214 Å². The molecule has 1 saturated carbocycles. The number of benzene rings is 2. The van der Waals surface area contributed by atoms with Gasteiger partial charge in [-0.15, -0.1) is 0 Å². The van der Waals surface area contributed by atoms with Gasteiger partial charge >= 0.3 is 6.03 Å². The predicted molar refractivity (Wildman–Crippen MR) is 140 cm³/mol. The number of carbonyl (C=O) groups excluding carboxylic acids is 1. The number of amides is 2. The molecule has 0 aliphatic heterocycles. The molecule has 1 fully saturated rings. The zero-order valence-corrected chi connectivity index (χ0v) is 21.0. The van der Waals surface area contributed by atoms with Crippen LogP contribution >= 0.6 is 0 Å². The SMILES string of the molecule is CC(C)(C)c1ccc(-n2nc(C3CC3)cc2NC(=O)Nc2ccc(F)c(COc3cnccn3)c2)cc1. The Hall–Kier alpha value is -4.27. The summed E-state index contributed by atoms with van der Waals surface area (Å²) in [6.07, 6.45) is 6.66. The van der Waals surface area contributed by atoms with Gasteiger partial charge in [-0.2, -0.15) is 5.10 Å². The highest BCUT2D eigenvalue weighted by molar-refractivity contribution is 5.99. The van der Waals surface area contributed by atoms with E-state index in [1.807, 2.05) is 18.2 Å². The van der Waals surface area contributed by atoms with E-state index in [4.69, 9.17) is 9.84 Å². The molecule has 2 heterocycles. The number of hydrogen-bond donors (Lipinski definition) is 2. The third-order valence-corrected chi connectivity index (χ3v) is 6.16. The lowest BCUT2D eigenvalue weighted by atomic mass is 9.87. The quantitative estimate of drug-likeness (QED) is 0.315. The molecule has 190 valence electrons. The second-order valence-corrected chi connectivity index (χ2v) is 10.2. The van der Waals surface area contributed by atoms with Crippen LogP contribution in [-0.2, 0) is 12.0 Å². The summed E-state index contributed by atoms with van der Waals surface area (Å²) in [5, 5.41) is 10.5. The summed E-state index contributed by atoms with van der Waals surface area (Å²) in [4.78, 5) is 20.9. The Morgan fingerprint density at radius 1 is 1.08 bits per heavy atom. The maximum Gasteiger partial charge on any atom is 0.324 e. The van der Waals surface area contributed by atoms with Crippen molar-refractivity contribution in [1.29, 1.82) is 0 Å². The molecule has 2 amide bonds. The summed E-state index contributed by atoms with van der Waals surface area (Å²) >= 11 is 0. The van der Waals surface area contributed by atoms with Crippen LogP contribution in [0, 0.1) is 5.82 Å². The number of halogens is 1. The second-order valence-electron chi connectivity index (χ2n) is 10.2. The van der Waals surface area contributed by atoms with Crippen LogP contribution in [0.3, 0.4) is 0 Å². The number of ether oxygens (including phenoxy) is 1. The van der Waals surface area contributed by atoms with Gasteiger partial charge in [-0.25, -0.2) is 18.9 Å². The molecule has 0 saturated heterocycles. The molecule has 2 aromatic heterocycles. The van der Waals surface area contributed by atoms with Gasteiger partial charge in [-0.3, -0.25) is 10.3 Å². The first-order valence-corrected chi connectivity index (χ1v) is 12.2. The summed E-state index contributed by atoms with van der Waals surface area (Å²) < 4.78 is 21.6. The van der Waals surface area contributed by atoms with Crippen molar-refractivity contribution >= 4 is 17.5 Å². The van der Waals surface area contributed by atoms with Crippen molar-refractivity contribution in [2.45, 2.75) is 51.6 Å². The van der Waals surface area contributed by atoms with Crippen molar-refractivity contribution in [3.63, 3.8) is 0 Å². The van der Waals surface area contributed by atoms with Crippen molar-refractivity contribution in [2.75, 3.05) is 10.6 Å². The number of rotatable bonds is 7. The van der Waals surface area contributed by atoms with E-state index in [0.717, 1.165) is 24.2 Å². The van der Waals surface area contributed by atoms with Crippen molar-refractivity contribution < 1.29 is 13.9 Å². The number of anilines is 2. The number of nitrogens with one attached hydrogen (secondary N) is 2. The molecule has 2 N–H and O–H groups in total. The summed E-state index contributed by atoms with van der Waals surface area (Å²) in [5.41, 5.74) is 3.79. The Kier molecular flexibility index (Phi) is 6.60. The standard InChI is InChI=1S/C28H29FN6O2/c1-28(2,3)20-6-9-22(10-7-20)35-25(15-24(34-35)18-4-5-18)33-27(36)32-21-8-11-23(29)19(14-21)17-37-26-16-30-12-13-31-26/h6-16,18H,4-5,17H2,1-3H3,(H2,32,33,36). The zero-order chi connectivity index (χ0) is 26.0. The average molecular weight is 501 g/mol. The molecular formula is C28H29FN6O2. The lowest BCUT2D eigenvalue weighted by molar-refractivity contribution is 0.262. The van der Waals surface area contributed by atoms with E-state index in [1.165, 1.54) is 42.4 Å². The summed E-state index contributed by atoms with van der Waals surface area (Å²) in [7, 11) is 0. The number of urea groups is 1. The Morgan fingerprint density at radius 2 is 1.86 bits per heavy atom. The van der Waals surface area contributed by atoms with Crippen LogP contribution in [0.1, 0.15) is 56.4 Å². The molecule has 0 radical (unpaired) electrons. The molecule has 2 aromatic carbocycles. The van der Waals surface area contributed by atoms with Gasteiger partial charge in [0.05, 0.1) is 17.6 Å². The molecule has 8 nitrogen and oxygen atoms in total. The van der Waals surface area contributed by atoms with Gasteiger partial charge in [0, 0.05) is 35.6 Å². The molecule has 0 atom stereocenters. The number of nitrogens with zero attached hydrogens (tertiary/aromatic N) is 4. The minimum absolute atomic E-state index is 0.0380. The summed E-state index contributed by atoms with van der Waals surface area (Å²) in [6, 6.07) is 14.0. The van der Waals surface area contributed by atoms with Crippen LogP contribution in [0.25, 0.3) is 5.69 Å². The van der Waals surface area contributed by atoms with Gasteiger partial charge in [0.15, 0.2) is 0 Å². The molecular weight excluding hydrogens is 471 g/mol. The van der Waals surface area contributed by atoms with Gasteiger partial charge in [0.25, 0.3) is 0 Å². The maximum absolute atomic E-state index is 14.3. The van der Waals surface area contributed by atoms with E-state index in [2.05, 4.69) is 53.5 Å². The van der Waals surface area contributed by atoms with Gasteiger partial charge in [0.2, 0.25) is 5.88 Å². The molecule has 0 unspecified atom stereocenters. The van der Waals surface area contributed by atoms with Gasteiger partial charge in [0.1, 0.15) is 18.2 Å². The summed E-state index contributed by atoms with van der Waals surface area (Å²) in [6.45, 7) is 6.45. The van der Waals surface area contributed by atoms with E-state index in [-0.39, 0.29) is 23.5 Å². The molecule has 9 heteroatoms. The van der Waals surface area contributed by atoms with E-state index in [9.17, 15) is 9.18 Å². The third-order valence-electron chi connectivity index (χ3n) is 6.16. The van der Waals surface area contributed by atoms with Crippen molar-refractivity contribution in [2.24, 2.45) is 0 Å². The summed E-state index contributed by atoms with van der Waals surface area (Å²) in [5.74, 6) is 0.831. The fraction of sp³-hybridized carbons (Fsp3) is 0.286. The third kappa shape index (κ3) is 5.94. The Balaban J connectivity index is 1.31. The number of hydrogen-bond acceptors (Lipinski definition) is 5. The number of carbonyl (C=O) groups is 1. The largest absolute Gasteiger partial charge is 0.472 e. The van der Waals surface area contributed by atoms with Crippen LogP contribution in [-0.4, -0.2) is 25.8 Å². The highest BCUT2D eigenvalue weighted by Gasteiger charge is 2.28. The van der Waals surface area contributed by atoms with E-state index in [0.29, 0.717) is 17.4 Å². The molecule has 37 heavy (non-hydrogen) atoms. The lowest BCUT2D eigenvalue weighted by Gasteiger charge is -2.19. The Morgan fingerprint density at radius 3 is 2.54 bits per heavy atom. The molecule has 4 aromatic rings. The number of aromatic nitrogens is 4. The van der Waals surface area contributed by atoms with Crippen LogP contribution in [0.4, 0.5) is 20.7 Å². The second kappa shape index (κ2) is 10.0. The van der Waals surface area contributed by atoms with Crippen molar-refractivity contribution in [3.8, 4) is 11.6 Å². The van der Waals surface area contributed by atoms with E-state index >= 15 is 0 Å². The molecule has 5 rings (SSSR count). The normalized spacial score (nSPS) is 13.3. The van der Waals surface area contributed by atoms with Crippen LogP contribution in [0.2, 0.25) is 0 Å². The monoisotopic (exact) mass is 500 g/mol. The topological polar surface area (TPSA) is 94.0 Å². The van der Waals surface area contributed by atoms with Gasteiger partial charge in [-0.1, -0.05) is 32.9 Å². The van der Waals surface area contributed by atoms with Crippen molar-refractivity contribution in [3.05, 3.63) is 89.8 Å². The van der Waals surface area contributed by atoms with Crippen LogP contribution in [0.5, 0.6) is 5.88 Å². The smallest absolute Gasteiger partial charge is 0.324 e. The van der Waals surface area contributed by atoms with Gasteiger partial charge in [-0.05, 0) is 54.2 Å². The fourth-order valence-electron chi connectivity index (χ4n) is 3.92. The lowest BCUT2D eigenvalue weighted by Crippen LogP contribution is -2.21. The average Bonchev–Trinajstić information content (AvgIpc) is 3.65. The molecule has 0 bridgehead atoms. The first-order valence-electron chi connectivity index (χ1n) is 12.2. The Bertz CT molecular complexity index is 1390. The first-order chi connectivity index (χ1) is 17.8. The molecule has 0 spiro atoms. The predicted octanol–water partition coefficient (Wildman–Crippen LogP) is 6.20. The van der Waals surface area contributed by atoms with E-state index < -0.39 is 11.8 Å². The van der Waals surface area contributed by atoms with Crippen LogP contribution in [0.15, 0.2) is 67.1 Å². The maximum atomic E-state index is 14.3. The fourth-order valence-corrected chi connectivity index (χ4v) is 3.92. The minimum Gasteiger partial charge on any atom is -0.472 e. The first kappa shape index (κ1) is 24.4. The highest BCUT2D eigenvalue weighted by atomic mass is 19.1. The van der Waals surface area contributed by atoms with Gasteiger partial charge < -0.3 is 10.1 Å². The highest BCUT2D eigenvalue weighted by Crippen LogP contribution is 2.40.